The Morgan fingerprint density at radius 3 is 2.46 bits per heavy atom. The summed E-state index contributed by atoms with van der Waals surface area (Å²) in [4.78, 5) is 15.8. The van der Waals surface area contributed by atoms with Crippen molar-refractivity contribution in [1.82, 2.24) is 15.2 Å². The van der Waals surface area contributed by atoms with E-state index in [1.807, 2.05) is 0 Å². The van der Waals surface area contributed by atoms with Crippen LogP contribution >= 0.6 is 11.8 Å². The van der Waals surface area contributed by atoms with E-state index >= 15 is 0 Å². The number of aliphatic carboxylic acids is 1. The van der Waals surface area contributed by atoms with Crippen LogP contribution < -0.4 is 14.6 Å². The fourth-order valence-electron chi connectivity index (χ4n) is 2.34. The molecule has 0 aliphatic heterocycles. The van der Waals surface area contributed by atoms with Crippen molar-refractivity contribution in [3.8, 4) is 28.6 Å². The molecule has 0 saturated carbocycles. The number of hydrogen-bond donors (Lipinski definition) is 2. The lowest BCUT2D eigenvalue weighted by molar-refractivity contribution is -0.268. The Morgan fingerprint density at radius 1 is 1.18 bits per heavy atom. The van der Waals surface area contributed by atoms with Gasteiger partial charge in [0.05, 0.1) is 14.2 Å². The number of thioether (sulfide) groups is 1. The minimum atomic E-state index is -1.18. The Hall–Kier alpha value is -3.46. The minimum absolute atomic E-state index is 0.0722. The number of methoxy groups -OCH3 is 2. The molecular weight excluding hydrogens is 382 g/mol. The van der Waals surface area contributed by atoms with Gasteiger partial charge in [-0.1, -0.05) is 24.3 Å². The first-order valence-electron chi connectivity index (χ1n) is 8.05. The van der Waals surface area contributed by atoms with Crippen LogP contribution in [-0.2, 0) is 4.79 Å². The molecule has 8 nitrogen and oxygen atoms in total. The van der Waals surface area contributed by atoms with Crippen molar-refractivity contribution in [2.24, 2.45) is 0 Å². The standard InChI is InChI=1S/C19H17N3O5S/c1-26-13-7-12(8-14(10-13)27-2)17-20-19(22-21-17)28-16(18(24)25)9-11-5-3-4-6-15(11)23/h3-10,23H,1-2H3,(H,24,25)(H,20,21,22)/p-1/b16-9+. The topological polar surface area (TPSA) is 120 Å². The van der Waals surface area contributed by atoms with Gasteiger partial charge < -0.3 is 19.7 Å². The molecule has 1 heterocycles. The fraction of sp³-hybridized carbons (Fsp3) is 0.105. The van der Waals surface area contributed by atoms with Crippen LogP contribution in [0.25, 0.3) is 17.5 Å². The predicted octanol–water partition coefficient (Wildman–Crippen LogP) is 2.78. The van der Waals surface area contributed by atoms with E-state index in [9.17, 15) is 15.0 Å². The zero-order chi connectivity index (χ0) is 20.1. The number of ether oxygens (including phenoxy) is 2. The van der Waals surface area contributed by atoms with E-state index in [-0.39, 0.29) is 21.4 Å². The number of nitrogens with zero attached hydrogens (tertiary/aromatic N) is 2. The summed E-state index contributed by atoms with van der Waals surface area (Å²) in [5.41, 5.74) is 0.946. The SMILES string of the molecule is COc1cc(OC)cc(-c2nc(S/C(=C/c3ccccc3[O-])C(=O)O)n[nH]2)c1. The van der Waals surface area contributed by atoms with Crippen LogP contribution in [0.5, 0.6) is 17.2 Å². The Bertz CT molecular complexity index is 1010. The summed E-state index contributed by atoms with van der Waals surface area (Å²) < 4.78 is 10.5. The number of benzene rings is 2. The lowest BCUT2D eigenvalue weighted by Crippen LogP contribution is -1.99. The highest BCUT2D eigenvalue weighted by Crippen LogP contribution is 2.31. The van der Waals surface area contributed by atoms with E-state index in [1.54, 1.807) is 36.4 Å². The number of aromatic amines is 1. The summed E-state index contributed by atoms with van der Waals surface area (Å²) >= 11 is 0.842. The van der Waals surface area contributed by atoms with Gasteiger partial charge in [0, 0.05) is 11.6 Å². The molecule has 9 heteroatoms. The molecule has 1 aromatic heterocycles. The van der Waals surface area contributed by atoms with Crippen LogP contribution in [0.1, 0.15) is 5.56 Å². The number of nitrogens with one attached hydrogen (secondary N) is 1. The second kappa shape index (κ2) is 8.49. The Labute approximate surface area is 164 Å². The monoisotopic (exact) mass is 398 g/mol. The molecule has 0 fully saturated rings. The van der Waals surface area contributed by atoms with E-state index in [2.05, 4.69) is 15.2 Å². The molecule has 0 aliphatic rings. The molecule has 0 atom stereocenters. The smallest absolute Gasteiger partial charge is 0.342 e. The molecule has 0 bridgehead atoms. The molecule has 0 aliphatic carbocycles. The van der Waals surface area contributed by atoms with Crippen LogP contribution in [0.15, 0.2) is 52.5 Å². The summed E-state index contributed by atoms with van der Waals surface area (Å²) in [6.45, 7) is 0. The van der Waals surface area contributed by atoms with Crippen molar-refractivity contribution >= 4 is 23.8 Å². The van der Waals surface area contributed by atoms with Crippen molar-refractivity contribution in [2.45, 2.75) is 5.16 Å². The van der Waals surface area contributed by atoms with Gasteiger partial charge in [0.2, 0.25) is 5.16 Å². The third kappa shape index (κ3) is 4.44. The van der Waals surface area contributed by atoms with Crippen LogP contribution in [-0.4, -0.2) is 40.5 Å². The van der Waals surface area contributed by atoms with Crippen LogP contribution in [0.3, 0.4) is 0 Å². The lowest BCUT2D eigenvalue weighted by Gasteiger charge is -2.09. The first-order chi connectivity index (χ1) is 13.5. The third-order valence-corrected chi connectivity index (χ3v) is 4.58. The number of hydrogen-bond acceptors (Lipinski definition) is 7. The summed E-state index contributed by atoms with van der Waals surface area (Å²) in [5.74, 6) is 0.147. The number of aromatic nitrogens is 3. The molecule has 2 aromatic carbocycles. The van der Waals surface area contributed by atoms with Gasteiger partial charge in [-0.3, -0.25) is 5.10 Å². The largest absolute Gasteiger partial charge is 0.872 e. The Balaban J connectivity index is 1.89. The van der Waals surface area contributed by atoms with Gasteiger partial charge >= 0.3 is 5.97 Å². The van der Waals surface area contributed by atoms with Gasteiger partial charge in [0.25, 0.3) is 0 Å². The quantitative estimate of drug-likeness (QED) is 0.460. The van der Waals surface area contributed by atoms with Gasteiger partial charge in [0.15, 0.2) is 5.82 Å². The van der Waals surface area contributed by atoms with Gasteiger partial charge in [-0.15, -0.1) is 10.8 Å². The molecule has 0 saturated heterocycles. The predicted molar refractivity (Wildman–Crippen MR) is 102 cm³/mol. The molecule has 2 N–H and O–H groups in total. The lowest BCUT2D eigenvalue weighted by atomic mass is 10.2. The first-order valence-corrected chi connectivity index (χ1v) is 8.86. The zero-order valence-electron chi connectivity index (χ0n) is 15.0. The van der Waals surface area contributed by atoms with Crippen molar-refractivity contribution in [3.05, 3.63) is 52.9 Å². The second-order valence-electron chi connectivity index (χ2n) is 5.52. The number of para-hydroxylation sites is 1. The van der Waals surface area contributed by atoms with Crippen LogP contribution in [0.4, 0.5) is 0 Å². The number of H-pyrrole nitrogens is 1. The average molecular weight is 398 g/mol. The van der Waals surface area contributed by atoms with Gasteiger partial charge in [0.1, 0.15) is 16.4 Å². The van der Waals surface area contributed by atoms with Crippen molar-refractivity contribution in [3.63, 3.8) is 0 Å². The highest BCUT2D eigenvalue weighted by molar-refractivity contribution is 8.04. The Morgan fingerprint density at radius 2 is 1.86 bits per heavy atom. The minimum Gasteiger partial charge on any atom is -0.872 e. The fourth-order valence-corrected chi connectivity index (χ4v) is 3.04. The number of carboxylic acids is 1. The normalized spacial score (nSPS) is 11.3. The number of rotatable bonds is 7. The maximum Gasteiger partial charge on any atom is 0.342 e. The van der Waals surface area contributed by atoms with E-state index in [1.165, 1.54) is 26.4 Å². The van der Waals surface area contributed by atoms with Crippen LogP contribution in [0.2, 0.25) is 0 Å². The van der Waals surface area contributed by atoms with Crippen LogP contribution in [0, 0.1) is 0 Å². The number of carboxylic acid groups (broad SMARTS) is 1. The molecule has 3 aromatic rings. The van der Waals surface area contributed by atoms with E-state index in [0.29, 0.717) is 22.9 Å². The highest BCUT2D eigenvalue weighted by Gasteiger charge is 2.15. The molecule has 3 rings (SSSR count). The maximum absolute atomic E-state index is 11.8. The van der Waals surface area contributed by atoms with Gasteiger partial charge in [-0.2, -0.15) is 0 Å². The van der Waals surface area contributed by atoms with E-state index < -0.39 is 5.97 Å². The third-order valence-electron chi connectivity index (χ3n) is 3.71. The summed E-state index contributed by atoms with van der Waals surface area (Å²) in [6, 6.07) is 11.4. The second-order valence-corrected chi connectivity index (χ2v) is 6.53. The first kappa shape index (κ1) is 19.3. The van der Waals surface area contributed by atoms with E-state index in [0.717, 1.165) is 11.8 Å². The van der Waals surface area contributed by atoms with Gasteiger partial charge in [-0.25, -0.2) is 9.78 Å². The molecule has 144 valence electrons. The van der Waals surface area contributed by atoms with Gasteiger partial charge in [-0.05, 0) is 35.5 Å². The van der Waals surface area contributed by atoms with E-state index in [4.69, 9.17) is 9.47 Å². The van der Waals surface area contributed by atoms with Crippen molar-refractivity contribution in [1.29, 1.82) is 0 Å². The summed E-state index contributed by atoms with van der Waals surface area (Å²) in [6.07, 6.45) is 1.31. The van der Waals surface area contributed by atoms with Crippen molar-refractivity contribution in [2.75, 3.05) is 14.2 Å². The highest BCUT2D eigenvalue weighted by atomic mass is 32.2. The maximum atomic E-state index is 11.8. The Kier molecular flexibility index (Phi) is 5.85. The zero-order valence-corrected chi connectivity index (χ0v) is 15.8. The molecule has 0 amide bonds. The molecule has 0 spiro atoms. The average Bonchev–Trinajstić information content (AvgIpc) is 3.17. The molecule has 0 unspecified atom stereocenters. The van der Waals surface area contributed by atoms with Crippen molar-refractivity contribution < 1.29 is 24.5 Å². The molecule has 0 radical (unpaired) electrons. The molecule has 28 heavy (non-hydrogen) atoms. The summed E-state index contributed by atoms with van der Waals surface area (Å²) in [5, 5.41) is 28.3. The summed E-state index contributed by atoms with van der Waals surface area (Å²) in [7, 11) is 3.08. The number of carbonyl (C=O) groups is 1. The molecular formula is C19H16N3O5S-.